The van der Waals surface area contributed by atoms with Crippen LogP contribution in [0.1, 0.15) is 18.9 Å². The van der Waals surface area contributed by atoms with Crippen molar-refractivity contribution in [3.63, 3.8) is 0 Å². The predicted octanol–water partition coefficient (Wildman–Crippen LogP) is 1.61. The first-order valence-electron chi connectivity index (χ1n) is 6.53. The third-order valence-corrected chi connectivity index (χ3v) is 3.61. The zero-order chi connectivity index (χ0) is 14.8. The Morgan fingerprint density at radius 3 is 2.90 bits per heavy atom. The Balaban J connectivity index is 1.97. The zero-order valence-electron chi connectivity index (χ0n) is 11.3. The molecular formula is C14H19F2NO3. The Kier molecular flexibility index (Phi) is 4.57. The van der Waals surface area contributed by atoms with Gasteiger partial charge in [0.2, 0.25) is 0 Å². The van der Waals surface area contributed by atoms with E-state index >= 15 is 0 Å². The van der Waals surface area contributed by atoms with Crippen molar-refractivity contribution in [2.75, 3.05) is 13.1 Å². The second-order valence-corrected chi connectivity index (χ2v) is 5.38. The molecule has 0 radical (unpaired) electrons. The van der Waals surface area contributed by atoms with Crippen molar-refractivity contribution in [3.8, 4) is 5.75 Å². The van der Waals surface area contributed by atoms with Gasteiger partial charge in [-0.3, -0.25) is 4.90 Å². The molecule has 1 aliphatic rings. The van der Waals surface area contributed by atoms with Crippen LogP contribution in [0.2, 0.25) is 0 Å². The maximum atomic E-state index is 12.2. The molecule has 2 N–H and O–H groups in total. The second kappa shape index (κ2) is 6.03. The molecule has 1 saturated heterocycles. The number of halogens is 2. The molecule has 1 aliphatic heterocycles. The highest BCUT2D eigenvalue weighted by Crippen LogP contribution is 2.24. The van der Waals surface area contributed by atoms with Crippen molar-refractivity contribution < 1.29 is 23.7 Å². The number of ether oxygens (including phenoxy) is 1. The first-order valence-corrected chi connectivity index (χ1v) is 6.53. The molecule has 1 aromatic rings. The summed E-state index contributed by atoms with van der Waals surface area (Å²) in [6, 6.07) is 6.51. The average molecular weight is 287 g/mol. The van der Waals surface area contributed by atoms with Gasteiger partial charge in [-0.15, -0.1) is 0 Å². The summed E-state index contributed by atoms with van der Waals surface area (Å²) in [5.41, 5.74) is -0.228. The van der Waals surface area contributed by atoms with E-state index in [-0.39, 0.29) is 5.75 Å². The molecule has 6 heteroatoms. The minimum Gasteiger partial charge on any atom is -0.435 e. The summed E-state index contributed by atoms with van der Waals surface area (Å²) in [4.78, 5) is 1.98. The van der Waals surface area contributed by atoms with Crippen LogP contribution in [0.3, 0.4) is 0 Å². The monoisotopic (exact) mass is 287 g/mol. The lowest BCUT2D eigenvalue weighted by Crippen LogP contribution is -2.53. The molecule has 1 fully saturated rings. The van der Waals surface area contributed by atoms with E-state index in [1.54, 1.807) is 19.1 Å². The minimum atomic E-state index is -2.84. The van der Waals surface area contributed by atoms with Crippen molar-refractivity contribution in [2.24, 2.45) is 0 Å². The van der Waals surface area contributed by atoms with Gasteiger partial charge >= 0.3 is 6.61 Å². The SMILES string of the molecule is C[C@]1(O)CCN(Cc2cccc(OC(F)F)c2)C[C@H]1O. The number of β-amino-alcohol motifs (C(OH)–C–C–N with tert-alkyl or cyclic N) is 1. The van der Waals surface area contributed by atoms with Crippen molar-refractivity contribution in [2.45, 2.75) is 38.2 Å². The van der Waals surface area contributed by atoms with E-state index in [2.05, 4.69) is 4.74 Å². The van der Waals surface area contributed by atoms with Gasteiger partial charge in [-0.1, -0.05) is 12.1 Å². The van der Waals surface area contributed by atoms with Crippen LogP contribution >= 0.6 is 0 Å². The quantitative estimate of drug-likeness (QED) is 0.883. The summed E-state index contributed by atoms with van der Waals surface area (Å²) in [6.07, 6.45) is -0.335. The number of rotatable bonds is 4. The Hall–Kier alpha value is -1.24. The highest BCUT2D eigenvalue weighted by Gasteiger charge is 2.36. The maximum Gasteiger partial charge on any atom is 0.387 e. The Bertz CT molecular complexity index is 454. The molecule has 0 unspecified atom stereocenters. The minimum absolute atomic E-state index is 0.127. The van der Waals surface area contributed by atoms with E-state index < -0.39 is 18.3 Å². The van der Waals surface area contributed by atoms with Crippen LogP contribution in [0.5, 0.6) is 5.75 Å². The van der Waals surface area contributed by atoms with Gasteiger partial charge in [0.05, 0.1) is 11.7 Å². The van der Waals surface area contributed by atoms with E-state index in [4.69, 9.17) is 0 Å². The number of aliphatic hydroxyl groups excluding tert-OH is 1. The normalized spacial score (nSPS) is 27.8. The summed E-state index contributed by atoms with van der Waals surface area (Å²) in [5, 5.41) is 19.7. The fourth-order valence-corrected chi connectivity index (χ4v) is 2.31. The number of hydrogen-bond donors (Lipinski definition) is 2. The van der Waals surface area contributed by atoms with E-state index in [1.807, 2.05) is 11.0 Å². The number of aliphatic hydroxyl groups is 2. The summed E-state index contributed by atoms with van der Waals surface area (Å²) < 4.78 is 28.7. The molecule has 2 atom stereocenters. The lowest BCUT2D eigenvalue weighted by atomic mass is 9.90. The lowest BCUT2D eigenvalue weighted by molar-refractivity contribution is -0.108. The number of benzene rings is 1. The topological polar surface area (TPSA) is 52.9 Å². The van der Waals surface area contributed by atoms with Crippen molar-refractivity contribution >= 4 is 0 Å². The van der Waals surface area contributed by atoms with Crippen molar-refractivity contribution in [1.82, 2.24) is 4.90 Å². The number of likely N-dealkylation sites (tertiary alicyclic amines) is 1. The Morgan fingerprint density at radius 1 is 1.50 bits per heavy atom. The lowest BCUT2D eigenvalue weighted by Gasteiger charge is -2.39. The second-order valence-electron chi connectivity index (χ2n) is 5.38. The number of alkyl halides is 2. The molecule has 0 saturated carbocycles. The Morgan fingerprint density at radius 2 is 2.25 bits per heavy atom. The van der Waals surface area contributed by atoms with Gasteiger partial charge in [0.25, 0.3) is 0 Å². The molecule has 0 aromatic heterocycles. The molecular weight excluding hydrogens is 268 g/mol. The molecule has 2 rings (SSSR count). The molecule has 4 nitrogen and oxygen atoms in total. The molecule has 0 amide bonds. The maximum absolute atomic E-state index is 12.2. The largest absolute Gasteiger partial charge is 0.435 e. The average Bonchev–Trinajstić information content (AvgIpc) is 2.34. The van der Waals surface area contributed by atoms with Gasteiger partial charge in [0, 0.05) is 19.6 Å². The van der Waals surface area contributed by atoms with Gasteiger partial charge in [-0.2, -0.15) is 8.78 Å². The zero-order valence-corrected chi connectivity index (χ0v) is 11.3. The molecule has 0 spiro atoms. The van der Waals surface area contributed by atoms with Crippen LogP contribution in [0.4, 0.5) is 8.78 Å². The summed E-state index contributed by atoms with van der Waals surface area (Å²) >= 11 is 0. The molecule has 0 bridgehead atoms. The molecule has 1 aromatic carbocycles. The van der Waals surface area contributed by atoms with Crippen molar-refractivity contribution in [3.05, 3.63) is 29.8 Å². The van der Waals surface area contributed by atoms with E-state index in [1.165, 1.54) is 6.07 Å². The summed E-state index contributed by atoms with van der Waals surface area (Å²) in [5.74, 6) is 0.127. The van der Waals surface area contributed by atoms with Crippen molar-refractivity contribution in [1.29, 1.82) is 0 Å². The van der Waals surface area contributed by atoms with Crippen LogP contribution in [0.15, 0.2) is 24.3 Å². The van der Waals surface area contributed by atoms with E-state index in [9.17, 15) is 19.0 Å². The van der Waals surface area contributed by atoms with Crippen LogP contribution in [0, 0.1) is 0 Å². The van der Waals surface area contributed by atoms with Gasteiger partial charge in [0.15, 0.2) is 0 Å². The summed E-state index contributed by atoms with van der Waals surface area (Å²) in [7, 11) is 0. The molecule has 1 heterocycles. The molecule has 20 heavy (non-hydrogen) atoms. The van der Waals surface area contributed by atoms with E-state index in [0.29, 0.717) is 26.1 Å². The first kappa shape index (κ1) is 15.2. The van der Waals surface area contributed by atoms with Crippen LogP contribution in [-0.4, -0.2) is 46.5 Å². The van der Waals surface area contributed by atoms with Crippen LogP contribution in [-0.2, 0) is 6.54 Å². The van der Waals surface area contributed by atoms with Gasteiger partial charge in [0.1, 0.15) is 5.75 Å². The van der Waals surface area contributed by atoms with Gasteiger partial charge in [-0.05, 0) is 31.0 Å². The van der Waals surface area contributed by atoms with Gasteiger partial charge in [-0.25, -0.2) is 0 Å². The number of nitrogens with zero attached hydrogens (tertiary/aromatic N) is 1. The van der Waals surface area contributed by atoms with E-state index in [0.717, 1.165) is 5.56 Å². The smallest absolute Gasteiger partial charge is 0.387 e. The number of piperidine rings is 1. The summed E-state index contributed by atoms with van der Waals surface area (Å²) in [6.45, 7) is 0.300. The third kappa shape index (κ3) is 3.88. The van der Waals surface area contributed by atoms with Crippen LogP contribution in [0.25, 0.3) is 0 Å². The van der Waals surface area contributed by atoms with Gasteiger partial charge < -0.3 is 14.9 Å². The number of hydrogen-bond acceptors (Lipinski definition) is 4. The molecule has 0 aliphatic carbocycles. The predicted molar refractivity (Wildman–Crippen MR) is 69.6 cm³/mol. The fraction of sp³-hybridized carbons (Fsp3) is 0.571. The third-order valence-electron chi connectivity index (χ3n) is 3.61. The van der Waals surface area contributed by atoms with Crippen LogP contribution < -0.4 is 4.74 Å². The standard InChI is InChI=1S/C14H19F2NO3/c1-14(19)5-6-17(9-12(14)18)8-10-3-2-4-11(7-10)20-13(15)16/h2-4,7,12-13,18-19H,5-6,8-9H2,1H3/t12-,14+/m1/s1. The molecule has 112 valence electrons. The highest BCUT2D eigenvalue weighted by molar-refractivity contribution is 5.28. The first-order chi connectivity index (χ1) is 9.37. The highest BCUT2D eigenvalue weighted by atomic mass is 19.3. The fourth-order valence-electron chi connectivity index (χ4n) is 2.31. The Labute approximate surface area is 116 Å².